The molecular weight excluding hydrogens is 457 g/mol. The van der Waals surface area contributed by atoms with Crippen LogP contribution < -0.4 is 4.74 Å². The van der Waals surface area contributed by atoms with E-state index in [0.717, 1.165) is 27.8 Å². The van der Waals surface area contributed by atoms with Crippen LogP contribution in [-0.4, -0.2) is 41.4 Å². The summed E-state index contributed by atoms with van der Waals surface area (Å²) in [5, 5.41) is 0. The van der Waals surface area contributed by atoms with E-state index >= 15 is 0 Å². The summed E-state index contributed by atoms with van der Waals surface area (Å²) in [5.74, 6) is -0.102. The van der Waals surface area contributed by atoms with Crippen molar-refractivity contribution in [1.82, 2.24) is 9.88 Å². The molecule has 0 saturated carbocycles. The van der Waals surface area contributed by atoms with Crippen molar-refractivity contribution >= 4 is 6.09 Å². The van der Waals surface area contributed by atoms with Crippen LogP contribution >= 0.6 is 0 Å². The zero-order valence-electron chi connectivity index (χ0n) is 20.1. The number of carbonyl (C=O) groups excluding carboxylic acids is 1. The van der Waals surface area contributed by atoms with Gasteiger partial charge in [-0.3, -0.25) is 0 Å². The van der Waals surface area contributed by atoms with E-state index in [1.165, 1.54) is 11.1 Å². The highest BCUT2D eigenvalue weighted by atomic mass is 19.4. The predicted molar refractivity (Wildman–Crippen MR) is 127 cm³/mol. The van der Waals surface area contributed by atoms with Gasteiger partial charge in [0.2, 0.25) is 5.88 Å². The van der Waals surface area contributed by atoms with Crippen molar-refractivity contribution in [3.63, 3.8) is 0 Å². The van der Waals surface area contributed by atoms with Gasteiger partial charge < -0.3 is 14.4 Å². The Labute approximate surface area is 202 Å². The molecule has 35 heavy (non-hydrogen) atoms. The molecule has 3 aromatic rings. The van der Waals surface area contributed by atoms with E-state index in [1.54, 1.807) is 33.9 Å². The largest absolute Gasteiger partial charge is 0.468 e. The van der Waals surface area contributed by atoms with Crippen LogP contribution in [0.2, 0.25) is 0 Å². The number of benzene rings is 2. The minimum Gasteiger partial charge on any atom is -0.468 e. The highest BCUT2D eigenvalue weighted by molar-refractivity contribution is 5.86. The number of hydrogen-bond acceptors (Lipinski definition) is 4. The lowest BCUT2D eigenvalue weighted by atomic mass is 9.95. The van der Waals surface area contributed by atoms with Gasteiger partial charge in [0.15, 0.2) is 6.61 Å². The third kappa shape index (κ3) is 5.75. The molecule has 5 nitrogen and oxygen atoms in total. The standard InChI is InChI=1S/C27H27F3N2O3/c1-26(2,3)35-25(33)32(4)15-17-12-23(24(31-14-17)34-16-27(28,29)30)21-11-7-10-20-19-9-6-5-8-18(19)13-22(20)21/h5-12,14H,13,15-16H2,1-4H3. The molecule has 0 spiro atoms. The molecule has 1 aromatic heterocycles. The third-order valence-electron chi connectivity index (χ3n) is 5.55. The molecule has 0 atom stereocenters. The molecule has 0 fully saturated rings. The van der Waals surface area contributed by atoms with Gasteiger partial charge >= 0.3 is 12.3 Å². The Morgan fingerprint density at radius 1 is 1.00 bits per heavy atom. The lowest BCUT2D eigenvalue weighted by Gasteiger charge is -2.25. The summed E-state index contributed by atoms with van der Waals surface area (Å²) in [6, 6.07) is 15.5. The van der Waals surface area contributed by atoms with Gasteiger partial charge in [-0.25, -0.2) is 9.78 Å². The summed E-state index contributed by atoms with van der Waals surface area (Å²) in [7, 11) is 1.60. The highest BCUT2D eigenvalue weighted by Gasteiger charge is 2.30. The maximum atomic E-state index is 12.9. The van der Waals surface area contributed by atoms with Crippen LogP contribution in [0.4, 0.5) is 18.0 Å². The number of ether oxygens (including phenoxy) is 2. The van der Waals surface area contributed by atoms with Crippen molar-refractivity contribution in [3.05, 3.63) is 71.4 Å². The van der Waals surface area contributed by atoms with Gasteiger partial charge in [-0.1, -0.05) is 42.5 Å². The molecule has 0 aliphatic heterocycles. The lowest BCUT2D eigenvalue weighted by molar-refractivity contribution is -0.154. The molecule has 184 valence electrons. The second kappa shape index (κ2) is 9.24. The first-order chi connectivity index (χ1) is 16.4. The van der Waals surface area contributed by atoms with Crippen molar-refractivity contribution in [2.24, 2.45) is 0 Å². The number of hydrogen-bond donors (Lipinski definition) is 0. The summed E-state index contributed by atoms with van der Waals surface area (Å²) in [6.07, 6.45) is -2.92. The second-order valence-corrected chi connectivity index (χ2v) is 9.60. The molecule has 1 heterocycles. The topological polar surface area (TPSA) is 51.7 Å². The summed E-state index contributed by atoms with van der Waals surface area (Å²) < 4.78 is 49.3. The molecular formula is C27H27F3N2O3. The van der Waals surface area contributed by atoms with Crippen molar-refractivity contribution in [1.29, 1.82) is 0 Å². The Kier molecular flexibility index (Phi) is 6.49. The normalized spacial score (nSPS) is 12.7. The third-order valence-corrected chi connectivity index (χ3v) is 5.55. The monoisotopic (exact) mass is 484 g/mol. The van der Waals surface area contributed by atoms with Crippen molar-refractivity contribution in [2.75, 3.05) is 13.7 Å². The van der Waals surface area contributed by atoms with Crippen LogP contribution in [0.25, 0.3) is 22.3 Å². The molecule has 0 bridgehead atoms. The summed E-state index contributed by atoms with van der Waals surface area (Å²) >= 11 is 0. The Hall–Kier alpha value is -3.55. The first-order valence-electron chi connectivity index (χ1n) is 11.2. The van der Waals surface area contributed by atoms with E-state index < -0.39 is 24.5 Å². The first-order valence-corrected chi connectivity index (χ1v) is 11.2. The van der Waals surface area contributed by atoms with Crippen LogP contribution in [0.15, 0.2) is 54.7 Å². The van der Waals surface area contributed by atoms with Gasteiger partial charge in [0, 0.05) is 18.8 Å². The minimum absolute atomic E-state index is 0.102. The average Bonchev–Trinajstić information content (AvgIpc) is 3.15. The Morgan fingerprint density at radius 3 is 2.34 bits per heavy atom. The minimum atomic E-state index is -4.50. The van der Waals surface area contributed by atoms with Gasteiger partial charge in [0.1, 0.15) is 5.60 Å². The molecule has 2 aromatic carbocycles. The Balaban J connectivity index is 1.72. The van der Waals surface area contributed by atoms with Crippen molar-refractivity contribution in [2.45, 2.75) is 45.5 Å². The van der Waals surface area contributed by atoms with Crippen LogP contribution in [0, 0.1) is 0 Å². The van der Waals surface area contributed by atoms with Gasteiger partial charge in [0.25, 0.3) is 0 Å². The number of aromatic nitrogens is 1. The molecule has 0 radical (unpaired) electrons. The average molecular weight is 485 g/mol. The molecule has 0 unspecified atom stereocenters. The summed E-state index contributed by atoms with van der Waals surface area (Å²) in [5.41, 5.74) is 5.50. The number of rotatable bonds is 5. The van der Waals surface area contributed by atoms with E-state index in [9.17, 15) is 18.0 Å². The number of nitrogens with zero attached hydrogens (tertiary/aromatic N) is 2. The molecule has 0 N–H and O–H groups in total. The van der Waals surface area contributed by atoms with Gasteiger partial charge in [-0.15, -0.1) is 0 Å². The first kappa shape index (κ1) is 24.6. The molecule has 4 rings (SSSR count). The number of fused-ring (bicyclic) bond motifs is 3. The quantitative estimate of drug-likeness (QED) is 0.319. The zero-order chi connectivity index (χ0) is 25.4. The van der Waals surface area contributed by atoms with Crippen LogP contribution in [0.5, 0.6) is 5.88 Å². The fourth-order valence-electron chi connectivity index (χ4n) is 4.13. The number of pyridine rings is 1. The van der Waals surface area contributed by atoms with Crippen molar-refractivity contribution in [3.8, 4) is 28.1 Å². The molecule has 1 aliphatic rings. The number of halogens is 3. The Bertz CT molecular complexity index is 1250. The van der Waals surface area contributed by atoms with Crippen LogP contribution in [0.3, 0.4) is 0 Å². The van der Waals surface area contributed by atoms with E-state index in [2.05, 4.69) is 4.98 Å². The van der Waals surface area contributed by atoms with E-state index in [4.69, 9.17) is 9.47 Å². The highest BCUT2D eigenvalue weighted by Crippen LogP contribution is 2.43. The second-order valence-electron chi connectivity index (χ2n) is 9.60. The molecule has 1 aliphatic carbocycles. The summed E-state index contributed by atoms with van der Waals surface area (Å²) in [4.78, 5) is 18.0. The maximum Gasteiger partial charge on any atom is 0.422 e. The lowest BCUT2D eigenvalue weighted by Crippen LogP contribution is -2.33. The maximum absolute atomic E-state index is 12.9. The van der Waals surface area contributed by atoms with Gasteiger partial charge in [-0.2, -0.15) is 13.2 Å². The zero-order valence-corrected chi connectivity index (χ0v) is 20.1. The van der Waals surface area contributed by atoms with E-state index in [-0.39, 0.29) is 12.4 Å². The SMILES string of the molecule is CN(Cc1cnc(OCC(F)(F)F)c(-c2cccc3c2Cc2ccccc2-3)c1)C(=O)OC(C)(C)C. The smallest absolute Gasteiger partial charge is 0.422 e. The van der Waals surface area contributed by atoms with Gasteiger partial charge in [-0.05, 0) is 66.6 Å². The fourth-order valence-corrected chi connectivity index (χ4v) is 4.13. The summed E-state index contributed by atoms with van der Waals surface area (Å²) in [6.45, 7) is 4.06. The van der Waals surface area contributed by atoms with Crippen molar-refractivity contribution < 1.29 is 27.4 Å². The van der Waals surface area contributed by atoms with E-state index in [0.29, 0.717) is 17.5 Å². The molecule has 1 amide bonds. The van der Waals surface area contributed by atoms with Crippen LogP contribution in [-0.2, 0) is 17.7 Å². The van der Waals surface area contributed by atoms with Gasteiger partial charge in [0.05, 0.1) is 6.54 Å². The van der Waals surface area contributed by atoms with E-state index in [1.807, 2.05) is 42.5 Å². The number of amides is 1. The fraction of sp³-hybridized carbons (Fsp3) is 0.333. The Morgan fingerprint density at radius 2 is 1.66 bits per heavy atom. The molecule has 8 heteroatoms. The van der Waals surface area contributed by atoms with Crippen LogP contribution in [0.1, 0.15) is 37.5 Å². The number of alkyl halides is 3. The predicted octanol–water partition coefficient (Wildman–Crippen LogP) is 6.63. The molecule has 0 saturated heterocycles. The number of carbonyl (C=O) groups is 1.